The number of benzene rings is 1. The van der Waals surface area contributed by atoms with E-state index in [0.29, 0.717) is 18.0 Å². The fourth-order valence-corrected chi connectivity index (χ4v) is 3.77. The summed E-state index contributed by atoms with van der Waals surface area (Å²) in [4.78, 5) is 11.0. The number of anilines is 1. The Labute approximate surface area is 129 Å². The van der Waals surface area contributed by atoms with Crippen LogP contribution in [0, 0.1) is 10.1 Å². The van der Waals surface area contributed by atoms with Crippen molar-refractivity contribution in [2.45, 2.75) is 37.4 Å². The average Bonchev–Trinajstić information content (AvgIpc) is 2.95. The molecule has 0 unspecified atom stereocenters. The number of hydrogen-bond acceptors (Lipinski definition) is 5. The molecule has 0 aliphatic heterocycles. The van der Waals surface area contributed by atoms with Crippen LogP contribution < -0.4 is 10.1 Å². The molecule has 0 atom stereocenters. The number of nitro groups is 1. The molecule has 0 radical (unpaired) electrons. The first kappa shape index (κ1) is 15.9. The van der Waals surface area contributed by atoms with Crippen LogP contribution in [0.1, 0.15) is 32.6 Å². The molecule has 6 heteroatoms. The Morgan fingerprint density at radius 3 is 2.71 bits per heavy atom. The summed E-state index contributed by atoms with van der Waals surface area (Å²) in [5.74, 6) is 0.331. The van der Waals surface area contributed by atoms with Crippen LogP contribution in [0.2, 0.25) is 0 Å². The second-order valence-corrected chi connectivity index (χ2v) is 6.56. The van der Waals surface area contributed by atoms with Crippen LogP contribution in [-0.4, -0.2) is 29.1 Å². The summed E-state index contributed by atoms with van der Waals surface area (Å²) in [5.41, 5.74) is 0.583. The maximum Gasteiger partial charge on any atom is 0.333 e. The van der Waals surface area contributed by atoms with Crippen LogP contribution in [0.15, 0.2) is 18.2 Å². The third-order valence-corrected chi connectivity index (χ3v) is 5.45. The molecule has 1 aliphatic carbocycles. The number of hydrogen-bond donors (Lipinski definition) is 1. The number of ether oxygens (including phenoxy) is 1. The maximum atomic E-state index is 11.3. The lowest BCUT2D eigenvalue weighted by atomic mass is 10.1. The van der Waals surface area contributed by atoms with Crippen molar-refractivity contribution in [3.05, 3.63) is 28.3 Å². The minimum absolute atomic E-state index is 0.0357. The Hall–Kier alpha value is -1.43. The Morgan fingerprint density at radius 2 is 2.14 bits per heavy atom. The smallest absolute Gasteiger partial charge is 0.333 e. The van der Waals surface area contributed by atoms with Crippen molar-refractivity contribution in [2.24, 2.45) is 0 Å². The van der Waals surface area contributed by atoms with Gasteiger partial charge in [0.2, 0.25) is 0 Å². The standard InChI is InChI=1S/C15H22N2O3S/c1-3-20-13-8-6-7-12(14(13)17(18)19)16-11-15(21-2)9-4-5-10-15/h6-8,16H,3-5,9-11H2,1-2H3. The van der Waals surface area contributed by atoms with E-state index in [9.17, 15) is 10.1 Å². The van der Waals surface area contributed by atoms with Crippen LogP contribution in [0.3, 0.4) is 0 Å². The Morgan fingerprint density at radius 1 is 1.43 bits per heavy atom. The SMILES string of the molecule is CCOc1cccc(NCC2(SC)CCCC2)c1[N+](=O)[O-]. The third kappa shape index (κ3) is 3.61. The summed E-state index contributed by atoms with van der Waals surface area (Å²) in [7, 11) is 0. The fraction of sp³-hybridized carbons (Fsp3) is 0.600. The highest BCUT2D eigenvalue weighted by Gasteiger charge is 2.33. The molecule has 1 aliphatic rings. The summed E-state index contributed by atoms with van der Waals surface area (Å²) >= 11 is 1.86. The zero-order valence-corrected chi connectivity index (χ0v) is 13.4. The Kier molecular flexibility index (Phi) is 5.33. The lowest BCUT2D eigenvalue weighted by Crippen LogP contribution is -2.30. The molecule has 21 heavy (non-hydrogen) atoms. The summed E-state index contributed by atoms with van der Waals surface area (Å²) in [5, 5.41) is 14.6. The van der Waals surface area contributed by atoms with Crippen molar-refractivity contribution in [1.29, 1.82) is 0 Å². The van der Waals surface area contributed by atoms with E-state index in [1.807, 2.05) is 18.7 Å². The van der Waals surface area contributed by atoms with E-state index in [1.54, 1.807) is 18.2 Å². The zero-order valence-electron chi connectivity index (χ0n) is 12.6. The van der Waals surface area contributed by atoms with E-state index in [0.717, 1.165) is 6.54 Å². The lowest BCUT2D eigenvalue weighted by Gasteiger charge is -2.27. The highest BCUT2D eigenvalue weighted by atomic mass is 32.2. The zero-order chi connectivity index (χ0) is 15.3. The summed E-state index contributed by atoms with van der Waals surface area (Å²) < 4.78 is 5.58. The van der Waals surface area contributed by atoms with Crippen molar-refractivity contribution in [3.8, 4) is 5.75 Å². The molecule has 0 spiro atoms. The van der Waals surface area contributed by atoms with Gasteiger partial charge in [0.1, 0.15) is 5.69 Å². The Bertz CT molecular complexity index is 502. The van der Waals surface area contributed by atoms with Gasteiger partial charge in [-0.1, -0.05) is 18.9 Å². The van der Waals surface area contributed by atoms with E-state index in [2.05, 4.69) is 11.6 Å². The van der Waals surface area contributed by atoms with Gasteiger partial charge in [0.25, 0.3) is 0 Å². The molecule has 1 fully saturated rings. The first-order valence-corrected chi connectivity index (χ1v) is 8.53. The van der Waals surface area contributed by atoms with Crippen molar-refractivity contribution in [1.82, 2.24) is 0 Å². The van der Waals surface area contributed by atoms with Crippen LogP contribution in [0.4, 0.5) is 11.4 Å². The van der Waals surface area contributed by atoms with Crippen molar-refractivity contribution in [2.75, 3.05) is 24.7 Å². The predicted molar refractivity (Wildman–Crippen MR) is 87.5 cm³/mol. The molecule has 1 N–H and O–H groups in total. The Balaban J connectivity index is 2.19. The molecule has 5 nitrogen and oxygen atoms in total. The third-order valence-electron chi connectivity index (χ3n) is 4.03. The molecular formula is C15H22N2O3S. The van der Waals surface area contributed by atoms with Crippen LogP contribution in [0.5, 0.6) is 5.75 Å². The molecule has 0 bridgehead atoms. The van der Waals surface area contributed by atoms with Crippen LogP contribution in [0.25, 0.3) is 0 Å². The fourth-order valence-electron chi connectivity index (χ4n) is 2.85. The number of nitrogens with zero attached hydrogens (tertiary/aromatic N) is 1. The molecule has 1 saturated carbocycles. The van der Waals surface area contributed by atoms with E-state index in [-0.39, 0.29) is 15.4 Å². The molecule has 116 valence electrons. The quantitative estimate of drug-likeness (QED) is 0.607. The number of para-hydroxylation sites is 1. The second kappa shape index (κ2) is 7.02. The van der Waals surface area contributed by atoms with E-state index in [4.69, 9.17) is 4.74 Å². The molecule has 2 rings (SSSR count). The van der Waals surface area contributed by atoms with Crippen LogP contribution >= 0.6 is 11.8 Å². The normalized spacial score (nSPS) is 16.7. The second-order valence-electron chi connectivity index (χ2n) is 5.29. The molecule has 0 saturated heterocycles. The minimum atomic E-state index is -0.367. The van der Waals surface area contributed by atoms with Gasteiger partial charge in [0.05, 0.1) is 11.5 Å². The number of nitro benzene ring substituents is 1. The monoisotopic (exact) mass is 310 g/mol. The van der Waals surface area contributed by atoms with Crippen molar-refractivity contribution < 1.29 is 9.66 Å². The van der Waals surface area contributed by atoms with Crippen molar-refractivity contribution >= 4 is 23.1 Å². The topological polar surface area (TPSA) is 64.4 Å². The number of rotatable bonds is 7. The van der Waals surface area contributed by atoms with Crippen LogP contribution in [-0.2, 0) is 0 Å². The summed E-state index contributed by atoms with van der Waals surface area (Å²) in [6, 6.07) is 5.19. The number of thioether (sulfide) groups is 1. The van der Waals surface area contributed by atoms with E-state index in [1.165, 1.54) is 25.7 Å². The molecule has 1 aromatic rings. The largest absolute Gasteiger partial charge is 0.487 e. The van der Waals surface area contributed by atoms with Gasteiger partial charge < -0.3 is 10.1 Å². The van der Waals surface area contributed by atoms with Gasteiger partial charge in [-0.05, 0) is 38.2 Å². The molecule has 0 aromatic heterocycles. The average molecular weight is 310 g/mol. The van der Waals surface area contributed by atoms with Gasteiger partial charge >= 0.3 is 5.69 Å². The van der Waals surface area contributed by atoms with Gasteiger partial charge in [-0.25, -0.2) is 0 Å². The van der Waals surface area contributed by atoms with Gasteiger partial charge in [0.15, 0.2) is 5.75 Å². The highest BCUT2D eigenvalue weighted by Crippen LogP contribution is 2.41. The van der Waals surface area contributed by atoms with Gasteiger partial charge in [0, 0.05) is 11.3 Å². The van der Waals surface area contributed by atoms with E-state index < -0.39 is 0 Å². The first-order valence-electron chi connectivity index (χ1n) is 7.31. The molecule has 0 amide bonds. The summed E-state index contributed by atoms with van der Waals surface area (Å²) in [6.07, 6.45) is 6.94. The van der Waals surface area contributed by atoms with Gasteiger partial charge in [-0.3, -0.25) is 10.1 Å². The highest BCUT2D eigenvalue weighted by molar-refractivity contribution is 8.00. The van der Waals surface area contributed by atoms with Crippen molar-refractivity contribution in [3.63, 3.8) is 0 Å². The van der Waals surface area contributed by atoms with Gasteiger partial charge in [-0.15, -0.1) is 0 Å². The molecule has 0 heterocycles. The minimum Gasteiger partial charge on any atom is -0.487 e. The maximum absolute atomic E-state index is 11.3. The molecular weight excluding hydrogens is 288 g/mol. The summed E-state index contributed by atoms with van der Waals surface area (Å²) in [6.45, 7) is 2.99. The number of nitrogens with one attached hydrogen (secondary N) is 1. The predicted octanol–water partition coefficient (Wildman–Crippen LogP) is 4.08. The first-order chi connectivity index (χ1) is 10.1. The molecule has 1 aromatic carbocycles. The van der Waals surface area contributed by atoms with E-state index >= 15 is 0 Å². The van der Waals surface area contributed by atoms with Gasteiger partial charge in [-0.2, -0.15) is 11.8 Å². The lowest BCUT2D eigenvalue weighted by molar-refractivity contribution is -0.384.